The van der Waals surface area contributed by atoms with Crippen molar-refractivity contribution >= 4 is 17.8 Å². The Morgan fingerprint density at radius 2 is 1.67 bits per heavy atom. The number of benzene rings is 3. The third-order valence-corrected chi connectivity index (χ3v) is 4.63. The van der Waals surface area contributed by atoms with Crippen molar-refractivity contribution in [3.63, 3.8) is 0 Å². The van der Waals surface area contributed by atoms with Gasteiger partial charge in [-0.3, -0.25) is 4.79 Å². The van der Waals surface area contributed by atoms with Gasteiger partial charge in [0.15, 0.2) is 5.76 Å². The van der Waals surface area contributed by atoms with Crippen LogP contribution in [-0.2, 0) is 0 Å². The highest BCUT2D eigenvalue weighted by molar-refractivity contribution is 6.14. The zero-order valence-corrected chi connectivity index (χ0v) is 16.7. The van der Waals surface area contributed by atoms with E-state index in [1.165, 1.54) is 0 Å². The van der Waals surface area contributed by atoms with Crippen LogP contribution in [0.2, 0.25) is 0 Å². The summed E-state index contributed by atoms with van der Waals surface area (Å²) in [5, 5.41) is 0. The minimum absolute atomic E-state index is 0.178. The third-order valence-electron chi connectivity index (χ3n) is 4.63. The Balaban J connectivity index is 1.46. The van der Waals surface area contributed by atoms with Crippen molar-refractivity contribution in [2.24, 2.45) is 0 Å². The van der Waals surface area contributed by atoms with Crippen molar-refractivity contribution in [3.05, 3.63) is 94.7 Å². The zero-order valence-electron chi connectivity index (χ0n) is 16.7. The van der Waals surface area contributed by atoms with Gasteiger partial charge >= 0.3 is 5.97 Å². The largest absolute Gasteiger partial charge is 0.494 e. The highest BCUT2D eigenvalue weighted by Gasteiger charge is 2.27. The lowest BCUT2D eigenvalue weighted by atomic mass is 10.1. The average molecular weight is 400 g/mol. The Bertz CT molecular complexity index is 1130. The van der Waals surface area contributed by atoms with Gasteiger partial charge in [0.05, 0.1) is 17.7 Å². The SMILES string of the molecule is CCOc1ccc2c(c1)O/C(=C\c1ccc(OC(=O)c3ccc(C)cc3)cc1)C2=O. The molecule has 3 aromatic rings. The van der Waals surface area contributed by atoms with Crippen molar-refractivity contribution in [3.8, 4) is 17.2 Å². The summed E-state index contributed by atoms with van der Waals surface area (Å²) >= 11 is 0. The van der Waals surface area contributed by atoms with E-state index in [2.05, 4.69) is 0 Å². The Labute approximate surface area is 174 Å². The molecule has 150 valence electrons. The molecule has 5 heteroatoms. The average Bonchev–Trinajstić information content (AvgIpc) is 3.05. The predicted molar refractivity (Wildman–Crippen MR) is 113 cm³/mol. The number of allylic oxidation sites excluding steroid dienone is 1. The fourth-order valence-electron chi connectivity index (χ4n) is 3.06. The fourth-order valence-corrected chi connectivity index (χ4v) is 3.06. The van der Waals surface area contributed by atoms with Crippen LogP contribution in [0.15, 0.2) is 72.5 Å². The number of Topliss-reactive ketones (excluding diaryl/α,β-unsaturated/α-hetero) is 1. The van der Waals surface area contributed by atoms with E-state index in [1.54, 1.807) is 60.7 Å². The van der Waals surface area contributed by atoms with Crippen LogP contribution in [0.3, 0.4) is 0 Å². The summed E-state index contributed by atoms with van der Waals surface area (Å²) < 4.78 is 16.6. The number of ether oxygens (including phenoxy) is 3. The first-order chi connectivity index (χ1) is 14.5. The number of rotatable bonds is 5. The number of carbonyl (C=O) groups is 2. The maximum Gasteiger partial charge on any atom is 0.343 e. The van der Waals surface area contributed by atoms with E-state index in [-0.39, 0.29) is 11.5 Å². The van der Waals surface area contributed by atoms with Crippen LogP contribution < -0.4 is 14.2 Å². The van der Waals surface area contributed by atoms with Gasteiger partial charge in [-0.1, -0.05) is 29.8 Å². The number of esters is 1. The number of aryl methyl sites for hydroxylation is 1. The molecule has 1 aliphatic heterocycles. The van der Waals surface area contributed by atoms with Gasteiger partial charge in [0.1, 0.15) is 17.2 Å². The number of hydrogen-bond donors (Lipinski definition) is 0. The molecule has 0 fully saturated rings. The van der Waals surface area contributed by atoms with Crippen molar-refractivity contribution in [2.75, 3.05) is 6.61 Å². The molecule has 0 amide bonds. The molecule has 1 aliphatic rings. The molecule has 0 unspecified atom stereocenters. The number of hydrogen-bond acceptors (Lipinski definition) is 5. The van der Waals surface area contributed by atoms with E-state index in [0.29, 0.717) is 35.0 Å². The Hall–Kier alpha value is -3.86. The maximum absolute atomic E-state index is 12.6. The first-order valence-corrected chi connectivity index (χ1v) is 9.63. The first-order valence-electron chi connectivity index (χ1n) is 9.63. The quantitative estimate of drug-likeness (QED) is 0.333. The minimum Gasteiger partial charge on any atom is -0.494 e. The van der Waals surface area contributed by atoms with E-state index in [9.17, 15) is 9.59 Å². The van der Waals surface area contributed by atoms with Gasteiger partial charge in [0.25, 0.3) is 0 Å². The van der Waals surface area contributed by atoms with E-state index >= 15 is 0 Å². The standard InChI is InChI=1S/C25H20O5/c1-3-28-20-12-13-21-22(15-20)30-23(24(21)26)14-17-6-10-19(11-7-17)29-25(27)18-8-4-16(2)5-9-18/h4-15H,3H2,1-2H3/b23-14-. The molecule has 0 spiro atoms. The van der Waals surface area contributed by atoms with Crippen LogP contribution in [0, 0.1) is 6.92 Å². The molecule has 3 aromatic carbocycles. The van der Waals surface area contributed by atoms with E-state index < -0.39 is 5.97 Å². The van der Waals surface area contributed by atoms with Gasteiger partial charge in [-0.25, -0.2) is 4.79 Å². The molecule has 0 saturated heterocycles. The fraction of sp³-hybridized carbons (Fsp3) is 0.120. The highest BCUT2D eigenvalue weighted by atomic mass is 16.5. The van der Waals surface area contributed by atoms with Crippen molar-refractivity contribution in [2.45, 2.75) is 13.8 Å². The van der Waals surface area contributed by atoms with Crippen LogP contribution in [0.1, 0.15) is 38.8 Å². The van der Waals surface area contributed by atoms with Gasteiger partial charge in [0.2, 0.25) is 5.78 Å². The summed E-state index contributed by atoms with van der Waals surface area (Å²) in [6.07, 6.45) is 1.66. The Morgan fingerprint density at radius 3 is 2.37 bits per heavy atom. The molecule has 30 heavy (non-hydrogen) atoms. The molecule has 0 radical (unpaired) electrons. The molecule has 5 nitrogen and oxygen atoms in total. The van der Waals surface area contributed by atoms with Crippen LogP contribution in [0.4, 0.5) is 0 Å². The molecular weight excluding hydrogens is 380 g/mol. The first kappa shape index (κ1) is 19.5. The molecular formula is C25H20O5. The van der Waals surface area contributed by atoms with Crippen LogP contribution in [0.5, 0.6) is 17.2 Å². The molecule has 1 heterocycles. The summed E-state index contributed by atoms with van der Waals surface area (Å²) in [7, 11) is 0. The van der Waals surface area contributed by atoms with Gasteiger partial charge in [-0.15, -0.1) is 0 Å². The highest BCUT2D eigenvalue weighted by Crippen LogP contribution is 2.35. The van der Waals surface area contributed by atoms with Gasteiger partial charge in [-0.2, -0.15) is 0 Å². The zero-order chi connectivity index (χ0) is 21.1. The second kappa shape index (κ2) is 8.25. The summed E-state index contributed by atoms with van der Waals surface area (Å²) in [5.41, 5.74) is 2.82. The molecule has 0 atom stereocenters. The van der Waals surface area contributed by atoms with Crippen LogP contribution in [0.25, 0.3) is 6.08 Å². The predicted octanol–water partition coefficient (Wildman–Crippen LogP) is 5.23. The molecule has 0 aliphatic carbocycles. The second-order valence-electron chi connectivity index (χ2n) is 6.86. The van der Waals surface area contributed by atoms with E-state index in [0.717, 1.165) is 11.1 Å². The summed E-state index contributed by atoms with van der Waals surface area (Å²) in [6.45, 7) is 4.39. The Kier molecular flexibility index (Phi) is 5.35. The number of ketones is 1. The van der Waals surface area contributed by atoms with Gasteiger partial charge < -0.3 is 14.2 Å². The summed E-state index contributed by atoms with van der Waals surface area (Å²) in [6, 6.07) is 19.2. The van der Waals surface area contributed by atoms with Gasteiger partial charge in [0, 0.05) is 6.07 Å². The lowest BCUT2D eigenvalue weighted by Gasteiger charge is -2.05. The molecule has 4 rings (SSSR count). The topological polar surface area (TPSA) is 61.8 Å². The number of carbonyl (C=O) groups excluding carboxylic acids is 2. The van der Waals surface area contributed by atoms with Crippen molar-refractivity contribution in [1.29, 1.82) is 0 Å². The molecule has 0 saturated carbocycles. The van der Waals surface area contributed by atoms with Crippen molar-refractivity contribution in [1.82, 2.24) is 0 Å². The smallest absolute Gasteiger partial charge is 0.343 e. The van der Waals surface area contributed by atoms with Gasteiger partial charge in [-0.05, 0) is 61.9 Å². The monoisotopic (exact) mass is 400 g/mol. The second-order valence-corrected chi connectivity index (χ2v) is 6.86. The molecule has 0 N–H and O–H groups in total. The number of fused-ring (bicyclic) bond motifs is 1. The lowest BCUT2D eigenvalue weighted by Crippen LogP contribution is -2.08. The minimum atomic E-state index is -0.420. The Morgan fingerprint density at radius 1 is 0.967 bits per heavy atom. The van der Waals surface area contributed by atoms with E-state index in [4.69, 9.17) is 14.2 Å². The van der Waals surface area contributed by atoms with Crippen LogP contribution >= 0.6 is 0 Å². The molecule has 0 aromatic heterocycles. The van der Waals surface area contributed by atoms with Crippen LogP contribution in [-0.4, -0.2) is 18.4 Å². The molecule has 0 bridgehead atoms. The summed E-state index contributed by atoms with van der Waals surface area (Å²) in [5.74, 6) is 1.21. The summed E-state index contributed by atoms with van der Waals surface area (Å²) in [4.78, 5) is 24.8. The van der Waals surface area contributed by atoms with E-state index in [1.807, 2.05) is 26.0 Å². The normalized spacial score (nSPS) is 13.7. The third kappa shape index (κ3) is 4.10. The van der Waals surface area contributed by atoms with Crippen molar-refractivity contribution < 1.29 is 23.8 Å². The maximum atomic E-state index is 12.6. The lowest BCUT2D eigenvalue weighted by molar-refractivity contribution is 0.0734.